The normalized spacial score (nSPS) is 11.9. The van der Waals surface area contributed by atoms with Crippen LogP contribution in [0.25, 0.3) is 0 Å². The van der Waals surface area contributed by atoms with E-state index in [2.05, 4.69) is 5.16 Å². The van der Waals surface area contributed by atoms with Gasteiger partial charge < -0.3 is 10.9 Å². The van der Waals surface area contributed by atoms with Crippen molar-refractivity contribution >= 4 is 5.84 Å². The molecular formula is C16H18FN3O. The fraction of sp³-hybridized carbons (Fsp3) is 0.188. The van der Waals surface area contributed by atoms with E-state index in [-0.39, 0.29) is 11.4 Å². The summed E-state index contributed by atoms with van der Waals surface area (Å²) < 4.78 is 14.3. The molecule has 0 radical (unpaired) electrons. The van der Waals surface area contributed by atoms with Gasteiger partial charge >= 0.3 is 0 Å². The molecule has 2 aromatic rings. The zero-order valence-electron chi connectivity index (χ0n) is 11.8. The first-order chi connectivity index (χ1) is 10.1. The number of benzene rings is 2. The molecule has 5 heteroatoms. The van der Waals surface area contributed by atoms with Gasteiger partial charge in [0.25, 0.3) is 0 Å². The number of nitrogens with two attached hydrogens (primary N) is 1. The molecule has 0 bridgehead atoms. The summed E-state index contributed by atoms with van der Waals surface area (Å²) in [7, 11) is 1.92. The van der Waals surface area contributed by atoms with Gasteiger partial charge in [-0.3, -0.25) is 4.90 Å². The Kier molecular flexibility index (Phi) is 4.90. The van der Waals surface area contributed by atoms with Crippen molar-refractivity contribution in [2.75, 3.05) is 7.05 Å². The van der Waals surface area contributed by atoms with Gasteiger partial charge in [-0.25, -0.2) is 4.39 Å². The number of rotatable bonds is 5. The van der Waals surface area contributed by atoms with Crippen LogP contribution in [0.5, 0.6) is 0 Å². The average Bonchev–Trinajstić information content (AvgIpc) is 2.49. The second kappa shape index (κ2) is 6.85. The lowest BCUT2D eigenvalue weighted by atomic mass is 10.1. The predicted molar refractivity (Wildman–Crippen MR) is 80.5 cm³/mol. The molecule has 2 aromatic carbocycles. The van der Waals surface area contributed by atoms with Gasteiger partial charge in [0.1, 0.15) is 5.82 Å². The van der Waals surface area contributed by atoms with Gasteiger partial charge in [-0.2, -0.15) is 0 Å². The Morgan fingerprint density at radius 2 is 1.86 bits per heavy atom. The van der Waals surface area contributed by atoms with E-state index in [0.717, 1.165) is 5.56 Å². The molecule has 0 atom stereocenters. The molecule has 4 nitrogen and oxygen atoms in total. The highest BCUT2D eigenvalue weighted by molar-refractivity contribution is 5.97. The highest BCUT2D eigenvalue weighted by atomic mass is 19.1. The van der Waals surface area contributed by atoms with E-state index < -0.39 is 5.82 Å². The van der Waals surface area contributed by atoms with Crippen molar-refractivity contribution in [3.05, 3.63) is 71.0 Å². The third-order valence-corrected chi connectivity index (χ3v) is 3.20. The lowest BCUT2D eigenvalue weighted by Gasteiger charge is -2.18. The Labute approximate surface area is 123 Å². The highest BCUT2D eigenvalue weighted by Crippen LogP contribution is 2.15. The van der Waals surface area contributed by atoms with E-state index in [0.29, 0.717) is 18.7 Å². The molecule has 0 unspecified atom stereocenters. The van der Waals surface area contributed by atoms with Crippen molar-refractivity contribution < 1.29 is 9.60 Å². The molecule has 0 spiro atoms. The summed E-state index contributed by atoms with van der Waals surface area (Å²) in [6.07, 6.45) is 0. The van der Waals surface area contributed by atoms with Gasteiger partial charge in [0.15, 0.2) is 5.84 Å². The third kappa shape index (κ3) is 3.79. The van der Waals surface area contributed by atoms with Crippen LogP contribution in [0.1, 0.15) is 16.7 Å². The molecule has 21 heavy (non-hydrogen) atoms. The topological polar surface area (TPSA) is 61.8 Å². The van der Waals surface area contributed by atoms with Crippen LogP contribution >= 0.6 is 0 Å². The van der Waals surface area contributed by atoms with E-state index in [9.17, 15) is 4.39 Å². The number of oxime groups is 1. The Balaban J connectivity index is 2.13. The molecule has 0 aliphatic rings. The molecule has 0 amide bonds. The lowest BCUT2D eigenvalue weighted by Crippen LogP contribution is -2.20. The van der Waals surface area contributed by atoms with Gasteiger partial charge in [-0.15, -0.1) is 0 Å². The van der Waals surface area contributed by atoms with Crippen LogP contribution in [0.2, 0.25) is 0 Å². The molecule has 0 aliphatic heterocycles. The van der Waals surface area contributed by atoms with Crippen LogP contribution in [0, 0.1) is 5.82 Å². The van der Waals surface area contributed by atoms with Crippen molar-refractivity contribution in [2.45, 2.75) is 13.1 Å². The van der Waals surface area contributed by atoms with Gasteiger partial charge in [0, 0.05) is 18.7 Å². The minimum absolute atomic E-state index is 0.114. The van der Waals surface area contributed by atoms with Crippen molar-refractivity contribution in [2.24, 2.45) is 10.9 Å². The van der Waals surface area contributed by atoms with Crippen LogP contribution < -0.4 is 5.73 Å². The monoisotopic (exact) mass is 287 g/mol. The molecule has 0 saturated carbocycles. The van der Waals surface area contributed by atoms with E-state index >= 15 is 0 Å². The molecule has 2 rings (SSSR count). The fourth-order valence-electron chi connectivity index (χ4n) is 2.20. The minimum Gasteiger partial charge on any atom is -0.409 e. The smallest absolute Gasteiger partial charge is 0.173 e. The number of nitrogens with zero attached hydrogens (tertiary/aromatic N) is 2. The van der Waals surface area contributed by atoms with Crippen LogP contribution in [-0.4, -0.2) is 23.0 Å². The van der Waals surface area contributed by atoms with E-state index in [1.807, 2.05) is 42.3 Å². The number of hydrogen-bond acceptors (Lipinski definition) is 3. The number of halogens is 1. The maximum atomic E-state index is 14.3. The molecule has 0 saturated heterocycles. The third-order valence-electron chi connectivity index (χ3n) is 3.20. The van der Waals surface area contributed by atoms with E-state index in [4.69, 9.17) is 10.9 Å². The Morgan fingerprint density at radius 1 is 1.14 bits per heavy atom. The highest BCUT2D eigenvalue weighted by Gasteiger charge is 2.13. The van der Waals surface area contributed by atoms with Crippen molar-refractivity contribution in [3.63, 3.8) is 0 Å². The standard InChI is InChI=1S/C16H18FN3O/c1-20(10-12-6-3-2-4-7-12)11-13-8-5-9-14(15(13)17)16(18)19-21/h2-9,21H,10-11H2,1H3,(H2,18,19). The summed E-state index contributed by atoms with van der Waals surface area (Å²) in [5, 5.41) is 11.5. The van der Waals surface area contributed by atoms with Crippen LogP contribution in [0.4, 0.5) is 4.39 Å². The summed E-state index contributed by atoms with van der Waals surface area (Å²) in [4.78, 5) is 2.00. The van der Waals surface area contributed by atoms with Gasteiger partial charge in [-0.1, -0.05) is 47.6 Å². The summed E-state index contributed by atoms with van der Waals surface area (Å²) in [5.74, 6) is -0.673. The maximum absolute atomic E-state index is 14.3. The molecule has 3 N–H and O–H groups in total. The number of hydrogen-bond donors (Lipinski definition) is 2. The SMILES string of the molecule is CN(Cc1ccccc1)Cc1cccc(/C(N)=N/O)c1F. The van der Waals surface area contributed by atoms with E-state index in [1.165, 1.54) is 6.07 Å². The maximum Gasteiger partial charge on any atom is 0.173 e. The first-order valence-electron chi connectivity index (χ1n) is 6.59. The van der Waals surface area contributed by atoms with Crippen LogP contribution in [0.15, 0.2) is 53.7 Å². The first-order valence-corrected chi connectivity index (χ1v) is 6.59. The van der Waals surface area contributed by atoms with Crippen molar-refractivity contribution in [1.29, 1.82) is 0 Å². The Hall–Kier alpha value is -2.40. The molecule has 0 heterocycles. The Bertz CT molecular complexity index is 629. The average molecular weight is 287 g/mol. The van der Waals surface area contributed by atoms with E-state index in [1.54, 1.807) is 12.1 Å². The second-order valence-corrected chi connectivity index (χ2v) is 4.92. The van der Waals surface area contributed by atoms with Crippen LogP contribution in [-0.2, 0) is 13.1 Å². The molecule has 110 valence electrons. The first kappa shape index (κ1) is 15.0. The summed E-state index contributed by atoms with van der Waals surface area (Å²) in [6, 6.07) is 14.9. The molecule has 0 fully saturated rings. The minimum atomic E-state index is -0.451. The largest absolute Gasteiger partial charge is 0.409 e. The van der Waals surface area contributed by atoms with Gasteiger partial charge in [0.2, 0.25) is 0 Å². The summed E-state index contributed by atoms with van der Waals surface area (Å²) >= 11 is 0. The zero-order valence-corrected chi connectivity index (χ0v) is 11.8. The van der Waals surface area contributed by atoms with Crippen LogP contribution in [0.3, 0.4) is 0 Å². The molecule has 0 aromatic heterocycles. The van der Waals surface area contributed by atoms with Crippen molar-refractivity contribution in [3.8, 4) is 0 Å². The fourth-order valence-corrected chi connectivity index (χ4v) is 2.20. The second-order valence-electron chi connectivity index (χ2n) is 4.92. The van der Waals surface area contributed by atoms with Gasteiger partial charge in [-0.05, 0) is 18.7 Å². The molecule has 0 aliphatic carbocycles. The summed E-state index contributed by atoms with van der Waals surface area (Å²) in [6.45, 7) is 1.15. The number of amidine groups is 1. The quantitative estimate of drug-likeness (QED) is 0.384. The predicted octanol–water partition coefficient (Wildman–Crippen LogP) is 2.55. The molecular weight excluding hydrogens is 269 g/mol. The lowest BCUT2D eigenvalue weighted by molar-refractivity contribution is 0.313. The summed E-state index contributed by atoms with van der Waals surface area (Å²) in [5.41, 5.74) is 7.25. The Morgan fingerprint density at radius 3 is 2.52 bits per heavy atom. The van der Waals surface area contributed by atoms with Gasteiger partial charge in [0.05, 0.1) is 5.56 Å². The zero-order chi connectivity index (χ0) is 15.2. The van der Waals surface area contributed by atoms with Crippen molar-refractivity contribution in [1.82, 2.24) is 4.90 Å².